The van der Waals surface area contributed by atoms with Crippen LogP contribution in [0.15, 0.2) is 60.7 Å². The van der Waals surface area contributed by atoms with E-state index in [0.29, 0.717) is 17.9 Å². The van der Waals surface area contributed by atoms with Gasteiger partial charge in [-0.1, -0.05) is 43.3 Å². The number of hydroxylamine groups is 2. The zero-order valence-electron chi connectivity index (χ0n) is 21.8. The molecule has 13 nitrogen and oxygen atoms in total. The van der Waals surface area contributed by atoms with Crippen LogP contribution >= 0.6 is 0 Å². The van der Waals surface area contributed by atoms with Crippen LogP contribution in [0.4, 0.5) is 4.79 Å². The van der Waals surface area contributed by atoms with E-state index in [9.17, 15) is 27.6 Å². The largest absolute Gasteiger partial charge is 0.461 e. The predicted molar refractivity (Wildman–Crippen MR) is 136 cm³/mol. The molecule has 0 saturated carbocycles. The minimum absolute atomic E-state index is 0.114. The van der Waals surface area contributed by atoms with Crippen molar-refractivity contribution in [3.05, 3.63) is 71.8 Å². The number of hydrogen-bond acceptors (Lipinski definition) is 10. The summed E-state index contributed by atoms with van der Waals surface area (Å²) in [7, 11) is -4.79. The molecule has 0 aliphatic carbocycles. The second kappa shape index (κ2) is 12.1. The summed E-state index contributed by atoms with van der Waals surface area (Å²) in [5.41, 5.74) is 2.58. The van der Waals surface area contributed by atoms with Gasteiger partial charge in [0.15, 0.2) is 0 Å². The van der Waals surface area contributed by atoms with E-state index in [0.717, 1.165) is 0 Å². The maximum Gasteiger partial charge on any atom is 0.421 e. The fourth-order valence-electron chi connectivity index (χ4n) is 4.32. The maximum atomic E-state index is 12.8. The van der Waals surface area contributed by atoms with Crippen molar-refractivity contribution in [3.63, 3.8) is 0 Å². The van der Waals surface area contributed by atoms with E-state index in [2.05, 4.69) is 5.73 Å². The molecule has 2 aromatic carbocycles. The molecule has 2 aliphatic rings. The van der Waals surface area contributed by atoms with Gasteiger partial charge in [0, 0.05) is 6.54 Å². The summed E-state index contributed by atoms with van der Waals surface area (Å²) < 4.78 is 46.3. The topological polar surface area (TPSA) is 173 Å². The zero-order valence-corrected chi connectivity index (χ0v) is 22.6. The van der Waals surface area contributed by atoms with Crippen molar-refractivity contribution < 1.29 is 51.3 Å². The molecule has 3 amide bonds. The van der Waals surface area contributed by atoms with Crippen molar-refractivity contribution in [2.24, 2.45) is 5.41 Å². The average Bonchev–Trinajstić information content (AvgIpc) is 3.18. The Bertz CT molecular complexity index is 1300. The van der Waals surface area contributed by atoms with Crippen molar-refractivity contribution in [1.29, 1.82) is 0 Å². The van der Waals surface area contributed by atoms with Crippen LogP contribution in [0.2, 0.25) is 0 Å². The van der Waals surface area contributed by atoms with Crippen LogP contribution in [0.5, 0.6) is 0 Å². The van der Waals surface area contributed by atoms with E-state index in [1.165, 1.54) is 11.8 Å². The number of carbonyl (C=O) groups excluding carboxylic acids is 4. The first-order valence-corrected chi connectivity index (χ1v) is 13.8. The highest BCUT2D eigenvalue weighted by Crippen LogP contribution is 2.31. The zero-order chi connectivity index (χ0) is 28.9. The molecule has 2 bridgehead atoms. The minimum atomic E-state index is -4.79. The third-order valence-electron chi connectivity index (χ3n) is 6.54. The summed E-state index contributed by atoms with van der Waals surface area (Å²) in [6.07, 6.45) is 0.670. The normalized spacial score (nSPS) is 18.9. The van der Waals surface area contributed by atoms with Crippen molar-refractivity contribution >= 4 is 34.3 Å². The molecule has 0 spiro atoms. The molecule has 2 aliphatic heterocycles. The quantitative estimate of drug-likeness (QED) is 0.358. The molecule has 4 rings (SSSR count). The highest BCUT2D eigenvalue weighted by Gasteiger charge is 2.50. The molecule has 0 aromatic heterocycles. The molecule has 2 atom stereocenters. The summed E-state index contributed by atoms with van der Waals surface area (Å²) in [5.74, 6) is -1.78. The van der Waals surface area contributed by atoms with Gasteiger partial charge in [0.1, 0.15) is 19.3 Å². The summed E-state index contributed by atoms with van der Waals surface area (Å²) in [4.78, 5) is 50.7. The lowest BCUT2D eigenvalue weighted by molar-refractivity contribution is -0.311. The standard InChI is InChI=1S/C26H29N3O10S/c1-26(15-36-23(31)18-8-4-2-5-9-18,16-37-24(32)19-10-6-3-7-11-19)17-38-40(34,35)39-29-20-12-13-21(22(27)30)28(14-20)25(29)33/h2-11,20-21H,12-17H2,1H3,(H2,27,30)/p+1. The average molecular weight is 577 g/mol. The lowest BCUT2D eigenvalue weighted by atomic mass is 9.94. The number of quaternary nitrogens is 1. The van der Waals surface area contributed by atoms with Crippen LogP contribution in [-0.2, 0) is 33.1 Å². The second-order valence-electron chi connectivity index (χ2n) is 9.91. The number of ether oxygens (including phenoxy) is 2. The van der Waals surface area contributed by atoms with Crippen LogP contribution < -0.4 is 5.73 Å². The Kier molecular flexibility index (Phi) is 8.83. The lowest BCUT2D eigenvalue weighted by Gasteiger charge is -2.28. The first-order valence-electron chi connectivity index (χ1n) is 12.5. The van der Waals surface area contributed by atoms with Gasteiger partial charge in [-0.2, -0.15) is 13.5 Å². The Labute approximate surface area is 231 Å². The van der Waals surface area contributed by atoms with Gasteiger partial charge >= 0.3 is 34.3 Å². The predicted octanol–water partition coefficient (Wildman–Crippen LogP) is 0.937. The van der Waals surface area contributed by atoms with Crippen molar-refractivity contribution in [2.45, 2.75) is 31.8 Å². The third-order valence-corrected chi connectivity index (χ3v) is 7.29. The number of nitrogens with zero attached hydrogens (tertiary/aromatic N) is 2. The first-order chi connectivity index (χ1) is 19.0. The van der Waals surface area contributed by atoms with Crippen molar-refractivity contribution in [2.75, 3.05) is 26.4 Å². The summed E-state index contributed by atoms with van der Waals surface area (Å²) >= 11 is 0. The molecule has 2 aromatic rings. The molecule has 40 heavy (non-hydrogen) atoms. The number of piperidine rings is 1. The van der Waals surface area contributed by atoms with Crippen LogP contribution in [0.1, 0.15) is 40.5 Å². The fourth-order valence-corrected chi connectivity index (χ4v) is 5.17. The number of hydrogen-bond donors (Lipinski definition) is 1. The highest BCUT2D eigenvalue weighted by atomic mass is 32.3. The van der Waals surface area contributed by atoms with E-state index in [-0.39, 0.29) is 30.9 Å². The van der Waals surface area contributed by atoms with Gasteiger partial charge in [-0.3, -0.25) is 5.73 Å². The highest BCUT2D eigenvalue weighted by molar-refractivity contribution is 7.81. The third kappa shape index (κ3) is 7.01. The van der Waals surface area contributed by atoms with Crippen LogP contribution in [0.25, 0.3) is 0 Å². The molecule has 2 saturated heterocycles. The van der Waals surface area contributed by atoms with Crippen LogP contribution in [0, 0.1) is 5.41 Å². The maximum absolute atomic E-state index is 12.8. The molecule has 214 valence electrons. The molecular formula is C26H30N3O10S+. The van der Waals surface area contributed by atoms with Gasteiger partial charge in [0.25, 0.3) is 0 Å². The second-order valence-corrected chi connectivity index (χ2v) is 11.1. The number of benzene rings is 2. The SMILES string of the molecule is CC(COC(=O)c1ccccc1)(COC(=O)c1ccccc1)COS(=O)(=O)ON1C(=O)N2CC1CCC2C([NH3+])=O. The van der Waals surface area contributed by atoms with Crippen molar-refractivity contribution in [1.82, 2.24) is 9.96 Å². The summed E-state index contributed by atoms with van der Waals surface area (Å²) in [6, 6.07) is 14.2. The number of amides is 3. The molecule has 14 heteroatoms. The number of esters is 2. The Morgan fingerprint density at radius 2 is 1.43 bits per heavy atom. The minimum Gasteiger partial charge on any atom is -0.461 e. The Morgan fingerprint density at radius 1 is 0.900 bits per heavy atom. The number of urea groups is 1. The van der Waals surface area contributed by atoms with Gasteiger partial charge in [-0.25, -0.2) is 23.4 Å². The molecule has 0 radical (unpaired) electrons. The number of rotatable bonds is 12. The van der Waals surface area contributed by atoms with Crippen LogP contribution in [0.3, 0.4) is 0 Å². The Hall–Kier alpha value is -3.85. The van der Waals surface area contributed by atoms with E-state index in [4.69, 9.17) is 17.9 Å². The van der Waals surface area contributed by atoms with Crippen LogP contribution in [-0.4, -0.2) is 80.7 Å². The summed E-state index contributed by atoms with van der Waals surface area (Å²) in [6.45, 7) is 0.261. The molecular weight excluding hydrogens is 546 g/mol. The monoisotopic (exact) mass is 576 g/mol. The van der Waals surface area contributed by atoms with Gasteiger partial charge in [-0.05, 0) is 37.1 Å². The van der Waals surface area contributed by atoms with E-state index in [1.807, 2.05) is 0 Å². The van der Waals surface area contributed by atoms with E-state index < -0.39 is 58.4 Å². The Morgan fingerprint density at radius 3 is 1.93 bits per heavy atom. The number of carbonyl (C=O) groups is 4. The lowest BCUT2D eigenvalue weighted by Crippen LogP contribution is -2.66. The first kappa shape index (κ1) is 29.1. The van der Waals surface area contributed by atoms with Crippen molar-refractivity contribution in [3.8, 4) is 0 Å². The number of fused-ring (bicyclic) bond motifs is 2. The smallest absolute Gasteiger partial charge is 0.421 e. The van der Waals surface area contributed by atoms with Gasteiger partial charge in [0.2, 0.25) is 0 Å². The van der Waals surface area contributed by atoms with Gasteiger partial charge in [-0.15, -0.1) is 4.28 Å². The van der Waals surface area contributed by atoms with E-state index in [1.54, 1.807) is 60.7 Å². The van der Waals surface area contributed by atoms with Gasteiger partial charge in [0.05, 0.1) is 29.2 Å². The molecule has 2 fully saturated rings. The Balaban J connectivity index is 1.42. The molecule has 2 heterocycles. The molecule has 3 N–H and O–H groups in total. The van der Waals surface area contributed by atoms with E-state index >= 15 is 0 Å². The molecule has 2 unspecified atom stereocenters. The fraction of sp³-hybridized carbons (Fsp3) is 0.385. The summed E-state index contributed by atoms with van der Waals surface area (Å²) in [5, 5.41) is 0.681. The van der Waals surface area contributed by atoms with Gasteiger partial charge < -0.3 is 14.4 Å².